The number of hydrogen-bond donors (Lipinski definition) is 8. The Morgan fingerprint density at radius 3 is 1.87 bits per heavy atom. The Balaban J connectivity index is 1.92. The van der Waals surface area contributed by atoms with Crippen LogP contribution in [0.25, 0.3) is 0 Å². The minimum atomic E-state index is -1.47. The van der Waals surface area contributed by atoms with Gasteiger partial charge in [-0.05, 0) is 29.8 Å². The lowest BCUT2D eigenvalue weighted by atomic mass is 10.1. The van der Waals surface area contributed by atoms with Crippen LogP contribution in [0.1, 0.15) is 21.5 Å². The smallest absolute Gasteiger partial charge is 0.296 e. The maximum Gasteiger partial charge on any atom is 0.296 e. The zero-order chi connectivity index (χ0) is 22.5. The Bertz CT molecular complexity index is 913. The van der Waals surface area contributed by atoms with Crippen LogP contribution < -0.4 is 45.0 Å². The van der Waals surface area contributed by atoms with Crippen LogP contribution >= 0.6 is 0 Å². The number of carbonyl (C=O) groups excluding carboxylic acids is 3. The van der Waals surface area contributed by atoms with Crippen molar-refractivity contribution in [3.8, 4) is 0 Å². The standard InChI is InChI=1S/C19H26N8O3/c20-18(21,22)10-27-14-7-3-12(4-8-14)15(28)16(29)17(30)26-9-11-1-5-13(6-2-11)19(23,24)25/h1-8,27H,9-10,20-25H2,(H,26,30). The molecule has 0 saturated heterocycles. The Morgan fingerprint density at radius 1 is 0.800 bits per heavy atom. The van der Waals surface area contributed by atoms with E-state index >= 15 is 0 Å². The first-order chi connectivity index (χ1) is 13.9. The average Bonchev–Trinajstić information content (AvgIpc) is 2.69. The van der Waals surface area contributed by atoms with Crippen molar-refractivity contribution < 1.29 is 14.4 Å². The lowest BCUT2D eigenvalue weighted by molar-refractivity contribution is -0.135. The molecule has 11 heteroatoms. The maximum absolute atomic E-state index is 12.2. The molecule has 11 nitrogen and oxygen atoms in total. The van der Waals surface area contributed by atoms with E-state index in [2.05, 4.69) is 10.6 Å². The topological polar surface area (TPSA) is 231 Å². The quantitative estimate of drug-likeness (QED) is 0.0944. The highest BCUT2D eigenvalue weighted by molar-refractivity contribution is 6.66. The Morgan fingerprint density at radius 2 is 1.37 bits per heavy atom. The number of carbonyl (C=O) groups is 3. The Labute approximate surface area is 173 Å². The van der Waals surface area contributed by atoms with Gasteiger partial charge in [0, 0.05) is 23.4 Å². The third-order valence-electron chi connectivity index (χ3n) is 4.07. The highest BCUT2D eigenvalue weighted by atomic mass is 16.2. The summed E-state index contributed by atoms with van der Waals surface area (Å²) in [6, 6.07) is 12.4. The van der Waals surface area contributed by atoms with E-state index in [1.807, 2.05) is 0 Å². The normalized spacial score (nSPS) is 11.7. The monoisotopic (exact) mass is 414 g/mol. The summed E-state index contributed by atoms with van der Waals surface area (Å²) in [6.07, 6.45) is 0. The van der Waals surface area contributed by atoms with E-state index in [9.17, 15) is 14.4 Å². The predicted octanol–water partition coefficient (Wildman–Crippen LogP) is -2.32. The zero-order valence-corrected chi connectivity index (χ0v) is 16.2. The van der Waals surface area contributed by atoms with Gasteiger partial charge in [0.1, 0.15) is 11.6 Å². The molecule has 14 N–H and O–H groups in total. The second-order valence-electron chi connectivity index (χ2n) is 7.01. The van der Waals surface area contributed by atoms with Gasteiger partial charge in [-0.1, -0.05) is 24.3 Å². The van der Waals surface area contributed by atoms with Gasteiger partial charge in [0.05, 0.1) is 6.54 Å². The molecule has 0 bridgehead atoms. The van der Waals surface area contributed by atoms with Crippen molar-refractivity contribution in [2.45, 2.75) is 18.1 Å². The fourth-order valence-corrected chi connectivity index (χ4v) is 2.40. The predicted molar refractivity (Wildman–Crippen MR) is 112 cm³/mol. The van der Waals surface area contributed by atoms with Gasteiger partial charge >= 0.3 is 0 Å². The zero-order valence-electron chi connectivity index (χ0n) is 16.2. The summed E-state index contributed by atoms with van der Waals surface area (Å²) in [4.78, 5) is 36.4. The first-order valence-electron chi connectivity index (χ1n) is 8.90. The van der Waals surface area contributed by atoms with Crippen molar-refractivity contribution in [2.24, 2.45) is 34.4 Å². The highest BCUT2D eigenvalue weighted by Crippen LogP contribution is 2.11. The molecule has 1 amide bonds. The fourth-order valence-electron chi connectivity index (χ4n) is 2.40. The third-order valence-corrected chi connectivity index (χ3v) is 4.07. The number of benzene rings is 2. The molecule has 160 valence electrons. The van der Waals surface area contributed by atoms with E-state index in [-0.39, 0.29) is 18.7 Å². The molecule has 0 aliphatic heterocycles. The molecule has 0 heterocycles. The van der Waals surface area contributed by atoms with Gasteiger partial charge < -0.3 is 10.6 Å². The minimum absolute atomic E-state index is 0.0344. The summed E-state index contributed by atoms with van der Waals surface area (Å²) >= 11 is 0. The van der Waals surface area contributed by atoms with Crippen molar-refractivity contribution in [3.63, 3.8) is 0 Å². The molecule has 0 aliphatic carbocycles. The molecule has 2 aromatic rings. The van der Waals surface area contributed by atoms with E-state index in [1.165, 1.54) is 24.3 Å². The molecule has 0 aromatic heterocycles. The summed E-state index contributed by atoms with van der Waals surface area (Å²) in [5.74, 6) is -6.00. The van der Waals surface area contributed by atoms with Crippen molar-refractivity contribution >= 4 is 23.2 Å². The van der Waals surface area contributed by atoms with Crippen molar-refractivity contribution in [3.05, 3.63) is 65.2 Å². The second kappa shape index (κ2) is 9.09. The SMILES string of the molecule is NC(N)(N)CNc1ccc(C(=O)C(=O)C(=O)NCc2ccc(C(N)(N)N)cc2)cc1. The fraction of sp³-hybridized carbons (Fsp3) is 0.211. The lowest BCUT2D eigenvalue weighted by Gasteiger charge is -2.19. The molecular formula is C19H26N8O3. The van der Waals surface area contributed by atoms with Crippen LogP contribution in [0.3, 0.4) is 0 Å². The van der Waals surface area contributed by atoms with Gasteiger partial charge in [0.2, 0.25) is 5.78 Å². The van der Waals surface area contributed by atoms with Crippen LogP contribution in [-0.4, -0.2) is 29.8 Å². The summed E-state index contributed by atoms with van der Waals surface area (Å²) in [5.41, 5.74) is 35.0. The van der Waals surface area contributed by atoms with Crippen LogP contribution in [0.2, 0.25) is 0 Å². The van der Waals surface area contributed by atoms with Gasteiger partial charge in [0.25, 0.3) is 11.7 Å². The van der Waals surface area contributed by atoms with Crippen LogP contribution in [0.15, 0.2) is 48.5 Å². The molecule has 30 heavy (non-hydrogen) atoms. The Hall–Kier alpha value is -3.19. The number of nitrogens with two attached hydrogens (primary N) is 6. The second-order valence-corrected chi connectivity index (χ2v) is 7.01. The number of rotatable bonds is 9. The van der Waals surface area contributed by atoms with Crippen molar-refractivity contribution in [1.82, 2.24) is 5.32 Å². The third kappa shape index (κ3) is 6.70. The van der Waals surface area contributed by atoms with Crippen molar-refractivity contribution in [1.29, 1.82) is 0 Å². The van der Waals surface area contributed by atoms with Gasteiger partial charge in [-0.2, -0.15) is 0 Å². The lowest BCUT2D eigenvalue weighted by Crippen LogP contribution is -2.62. The molecular weight excluding hydrogens is 388 g/mol. The minimum Gasteiger partial charge on any atom is -0.380 e. The van der Waals surface area contributed by atoms with E-state index in [4.69, 9.17) is 34.4 Å². The first-order valence-corrected chi connectivity index (χ1v) is 8.90. The van der Waals surface area contributed by atoms with E-state index in [0.29, 0.717) is 16.8 Å². The van der Waals surface area contributed by atoms with Crippen molar-refractivity contribution in [2.75, 3.05) is 11.9 Å². The number of nitrogens with one attached hydrogen (secondary N) is 2. The average molecular weight is 414 g/mol. The molecule has 0 radical (unpaired) electrons. The number of Topliss-reactive ketones (excluding diaryl/α,β-unsaturated/α-hetero) is 2. The molecule has 2 rings (SSSR count). The van der Waals surface area contributed by atoms with E-state index in [1.54, 1.807) is 24.3 Å². The molecule has 0 spiro atoms. The number of amides is 1. The van der Waals surface area contributed by atoms with Gasteiger partial charge in [-0.3, -0.25) is 48.8 Å². The van der Waals surface area contributed by atoms with E-state index in [0.717, 1.165) is 0 Å². The van der Waals surface area contributed by atoms with Gasteiger partial charge in [-0.25, -0.2) is 0 Å². The number of hydrogen-bond acceptors (Lipinski definition) is 10. The van der Waals surface area contributed by atoms with E-state index < -0.39 is 29.0 Å². The summed E-state index contributed by atoms with van der Waals surface area (Å²) in [5, 5.41) is 5.28. The molecule has 0 unspecified atom stereocenters. The van der Waals surface area contributed by atoms with Crippen LogP contribution in [0.4, 0.5) is 5.69 Å². The Kier molecular flexibility index (Phi) is 7.00. The molecule has 2 aromatic carbocycles. The van der Waals surface area contributed by atoms with Crippen LogP contribution in [0.5, 0.6) is 0 Å². The molecule has 0 atom stereocenters. The summed E-state index contributed by atoms with van der Waals surface area (Å²) in [6.45, 7) is 0.123. The highest BCUT2D eigenvalue weighted by Gasteiger charge is 2.24. The number of anilines is 1. The first kappa shape index (κ1) is 23.1. The van der Waals surface area contributed by atoms with Gasteiger partial charge in [0.15, 0.2) is 0 Å². The summed E-state index contributed by atoms with van der Waals surface area (Å²) < 4.78 is 0. The summed E-state index contributed by atoms with van der Waals surface area (Å²) in [7, 11) is 0. The molecule has 0 saturated carbocycles. The molecule has 0 fully saturated rings. The maximum atomic E-state index is 12.2. The van der Waals surface area contributed by atoms with Crippen LogP contribution in [0, 0.1) is 0 Å². The largest absolute Gasteiger partial charge is 0.380 e. The van der Waals surface area contributed by atoms with Gasteiger partial charge in [-0.15, -0.1) is 0 Å². The number of ketones is 2. The molecule has 0 aliphatic rings. The van der Waals surface area contributed by atoms with Crippen LogP contribution in [-0.2, 0) is 21.9 Å².